The van der Waals surface area contributed by atoms with Gasteiger partial charge in [0.2, 0.25) is 0 Å². The number of nitrogen functional groups attached to an aromatic ring is 1. The molecule has 0 aliphatic rings. The quantitative estimate of drug-likeness (QED) is 0.790. The van der Waals surface area contributed by atoms with E-state index < -0.39 is 0 Å². The van der Waals surface area contributed by atoms with E-state index in [-0.39, 0.29) is 5.75 Å². The van der Waals surface area contributed by atoms with Gasteiger partial charge in [-0.25, -0.2) is 9.97 Å². The van der Waals surface area contributed by atoms with Crippen molar-refractivity contribution >= 4 is 28.4 Å². The van der Waals surface area contributed by atoms with Gasteiger partial charge in [-0.1, -0.05) is 0 Å². The lowest BCUT2D eigenvalue weighted by Gasteiger charge is -2.02. The van der Waals surface area contributed by atoms with Gasteiger partial charge in [-0.3, -0.25) is 0 Å². The van der Waals surface area contributed by atoms with E-state index in [9.17, 15) is 0 Å². The lowest BCUT2D eigenvalue weighted by atomic mass is 10.1. The third kappa shape index (κ3) is 2.17. The van der Waals surface area contributed by atoms with Crippen LogP contribution in [-0.2, 0) is 0 Å². The molecule has 0 spiro atoms. The van der Waals surface area contributed by atoms with Crippen molar-refractivity contribution in [3.8, 4) is 17.0 Å². The molecule has 0 saturated heterocycles. The van der Waals surface area contributed by atoms with Gasteiger partial charge in [0, 0.05) is 5.56 Å². The predicted octanol–water partition coefficient (Wildman–Crippen LogP) is 2.04. The Kier molecular flexibility index (Phi) is 2.72. The first-order valence-corrected chi connectivity index (χ1v) is 5.32. The fourth-order valence-corrected chi connectivity index (χ4v) is 1.55. The standard InChI is InChI=1S/C10H8IN3O/c11-9-10(12)13-5-8(14-9)6-1-3-7(15)4-2-6/h1-5,15H,(H2,12,13). The summed E-state index contributed by atoms with van der Waals surface area (Å²) in [7, 11) is 0. The first-order valence-electron chi connectivity index (χ1n) is 4.24. The highest BCUT2D eigenvalue weighted by Gasteiger charge is 2.03. The number of phenolic OH excluding ortho intramolecular Hbond substituents is 1. The van der Waals surface area contributed by atoms with E-state index in [0.717, 1.165) is 11.3 Å². The summed E-state index contributed by atoms with van der Waals surface area (Å²) in [6.07, 6.45) is 1.61. The number of phenols is 1. The monoisotopic (exact) mass is 313 g/mol. The Morgan fingerprint density at radius 3 is 2.47 bits per heavy atom. The first-order chi connectivity index (χ1) is 7.16. The number of aromatic hydroxyl groups is 1. The Morgan fingerprint density at radius 1 is 1.20 bits per heavy atom. The van der Waals surface area contributed by atoms with E-state index in [1.54, 1.807) is 30.5 Å². The van der Waals surface area contributed by atoms with Crippen molar-refractivity contribution in [3.63, 3.8) is 0 Å². The number of rotatable bonds is 1. The molecule has 2 rings (SSSR count). The number of halogens is 1. The molecule has 0 amide bonds. The topological polar surface area (TPSA) is 72.0 Å². The third-order valence-electron chi connectivity index (χ3n) is 1.92. The van der Waals surface area contributed by atoms with Gasteiger partial charge in [0.1, 0.15) is 9.45 Å². The molecular weight excluding hydrogens is 305 g/mol. The highest BCUT2D eigenvalue weighted by Crippen LogP contribution is 2.21. The molecule has 0 atom stereocenters. The molecule has 0 aliphatic carbocycles. The summed E-state index contributed by atoms with van der Waals surface area (Å²) >= 11 is 2.04. The minimum absolute atomic E-state index is 0.233. The third-order valence-corrected chi connectivity index (χ3v) is 2.71. The molecule has 15 heavy (non-hydrogen) atoms. The molecule has 0 bridgehead atoms. The average molecular weight is 313 g/mol. The Hall–Kier alpha value is -1.37. The molecule has 0 unspecified atom stereocenters. The lowest BCUT2D eigenvalue weighted by Crippen LogP contribution is -1.97. The highest BCUT2D eigenvalue weighted by atomic mass is 127. The molecule has 1 heterocycles. The summed E-state index contributed by atoms with van der Waals surface area (Å²) in [5, 5.41) is 9.14. The predicted molar refractivity (Wildman–Crippen MR) is 66.3 cm³/mol. The summed E-state index contributed by atoms with van der Waals surface area (Å²) in [4.78, 5) is 8.31. The van der Waals surface area contributed by atoms with Crippen molar-refractivity contribution < 1.29 is 5.11 Å². The van der Waals surface area contributed by atoms with Gasteiger partial charge in [0.15, 0.2) is 5.82 Å². The van der Waals surface area contributed by atoms with E-state index in [2.05, 4.69) is 9.97 Å². The summed E-state index contributed by atoms with van der Waals surface area (Å²) in [5.74, 6) is 0.662. The van der Waals surface area contributed by atoms with Crippen molar-refractivity contribution in [1.29, 1.82) is 0 Å². The average Bonchev–Trinajstić information content (AvgIpc) is 2.23. The molecule has 0 saturated carbocycles. The van der Waals surface area contributed by atoms with Crippen LogP contribution in [0.25, 0.3) is 11.3 Å². The van der Waals surface area contributed by atoms with Crippen molar-refractivity contribution in [1.82, 2.24) is 9.97 Å². The van der Waals surface area contributed by atoms with Crippen LogP contribution in [0.5, 0.6) is 5.75 Å². The van der Waals surface area contributed by atoms with Gasteiger partial charge in [0.25, 0.3) is 0 Å². The molecule has 1 aromatic carbocycles. The van der Waals surface area contributed by atoms with Gasteiger partial charge in [-0.2, -0.15) is 0 Å². The molecule has 3 N–H and O–H groups in total. The van der Waals surface area contributed by atoms with Crippen LogP contribution in [0.4, 0.5) is 5.82 Å². The van der Waals surface area contributed by atoms with Crippen LogP contribution in [0.15, 0.2) is 30.5 Å². The molecule has 76 valence electrons. The molecule has 0 aliphatic heterocycles. The van der Waals surface area contributed by atoms with Crippen LogP contribution in [0.3, 0.4) is 0 Å². The van der Waals surface area contributed by atoms with Gasteiger partial charge >= 0.3 is 0 Å². The van der Waals surface area contributed by atoms with E-state index >= 15 is 0 Å². The van der Waals surface area contributed by atoms with Gasteiger partial charge in [-0.15, -0.1) is 0 Å². The molecule has 1 aromatic heterocycles. The molecule has 0 radical (unpaired) electrons. The van der Waals surface area contributed by atoms with Crippen LogP contribution < -0.4 is 5.73 Å². The zero-order chi connectivity index (χ0) is 10.8. The Morgan fingerprint density at radius 2 is 1.87 bits per heavy atom. The summed E-state index contributed by atoms with van der Waals surface area (Å²) < 4.78 is 0.679. The van der Waals surface area contributed by atoms with Gasteiger partial charge < -0.3 is 10.8 Å². The van der Waals surface area contributed by atoms with Crippen LogP contribution in [0, 0.1) is 3.70 Å². The maximum absolute atomic E-state index is 9.14. The Labute approximate surface area is 100 Å². The molecular formula is C10H8IN3O. The van der Waals surface area contributed by atoms with E-state index in [4.69, 9.17) is 10.8 Å². The maximum atomic E-state index is 9.14. The fourth-order valence-electron chi connectivity index (χ4n) is 1.15. The zero-order valence-electron chi connectivity index (χ0n) is 7.68. The number of hydrogen-bond acceptors (Lipinski definition) is 4. The van der Waals surface area contributed by atoms with Crippen molar-refractivity contribution in [2.75, 3.05) is 5.73 Å². The van der Waals surface area contributed by atoms with Crippen LogP contribution in [0.2, 0.25) is 0 Å². The van der Waals surface area contributed by atoms with Crippen LogP contribution in [-0.4, -0.2) is 15.1 Å². The van der Waals surface area contributed by atoms with E-state index in [0.29, 0.717) is 9.52 Å². The maximum Gasteiger partial charge on any atom is 0.155 e. The molecule has 5 heteroatoms. The van der Waals surface area contributed by atoms with Crippen molar-refractivity contribution in [2.45, 2.75) is 0 Å². The second-order valence-electron chi connectivity index (χ2n) is 2.98. The number of nitrogens with two attached hydrogens (primary N) is 1. The minimum Gasteiger partial charge on any atom is -0.508 e. The number of hydrogen-bond donors (Lipinski definition) is 2. The van der Waals surface area contributed by atoms with Crippen molar-refractivity contribution in [3.05, 3.63) is 34.2 Å². The number of benzene rings is 1. The lowest BCUT2D eigenvalue weighted by molar-refractivity contribution is 0.475. The second-order valence-corrected chi connectivity index (χ2v) is 4.00. The van der Waals surface area contributed by atoms with Gasteiger partial charge in [-0.05, 0) is 46.9 Å². The summed E-state index contributed by atoms with van der Waals surface area (Å²) in [6.45, 7) is 0. The molecule has 4 nitrogen and oxygen atoms in total. The van der Waals surface area contributed by atoms with Crippen LogP contribution >= 0.6 is 22.6 Å². The Balaban J connectivity index is 2.45. The normalized spacial score (nSPS) is 10.2. The minimum atomic E-state index is 0.233. The smallest absolute Gasteiger partial charge is 0.155 e. The van der Waals surface area contributed by atoms with Gasteiger partial charge in [0.05, 0.1) is 11.9 Å². The highest BCUT2D eigenvalue weighted by molar-refractivity contribution is 14.1. The molecule has 2 aromatic rings. The zero-order valence-corrected chi connectivity index (χ0v) is 9.84. The summed E-state index contributed by atoms with van der Waals surface area (Å²) in [6, 6.07) is 6.79. The number of nitrogens with zero attached hydrogens (tertiary/aromatic N) is 2. The van der Waals surface area contributed by atoms with E-state index in [1.165, 1.54) is 0 Å². The summed E-state index contributed by atoms with van der Waals surface area (Å²) in [5.41, 5.74) is 7.21. The van der Waals surface area contributed by atoms with E-state index in [1.807, 2.05) is 22.6 Å². The Bertz CT molecular complexity index is 485. The number of aromatic nitrogens is 2. The fraction of sp³-hybridized carbons (Fsp3) is 0. The first kappa shape index (κ1) is 10.2. The second kappa shape index (κ2) is 4.01. The molecule has 0 fully saturated rings. The van der Waals surface area contributed by atoms with Crippen LogP contribution in [0.1, 0.15) is 0 Å². The van der Waals surface area contributed by atoms with Crippen molar-refractivity contribution in [2.24, 2.45) is 0 Å². The largest absolute Gasteiger partial charge is 0.508 e. The number of anilines is 1. The SMILES string of the molecule is Nc1ncc(-c2ccc(O)cc2)nc1I.